The average molecular weight is 807 g/mol. The van der Waals surface area contributed by atoms with E-state index in [1.54, 1.807) is 24.3 Å². The van der Waals surface area contributed by atoms with E-state index in [1.807, 2.05) is 30.3 Å². The van der Waals surface area contributed by atoms with Crippen LogP contribution in [-0.2, 0) is 5.41 Å². The van der Waals surface area contributed by atoms with Gasteiger partial charge in [0, 0.05) is 70.2 Å². The number of hydrogen-bond donors (Lipinski definition) is 0. The number of aromatic nitrogens is 1. The van der Waals surface area contributed by atoms with Crippen LogP contribution in [0.3, 0.4) is 0 Å². The summed E-state index contributed by atoms with van der Waals surface area (Å²) < 4.78 is 170. The van der Waals surface area contributed by atoms with Crippen LogP contribution in [0, 0.1) is 0 Å². The van der Waals surface area contributed by atoms with E-state index in [1.165, 1.54) is 22.3 Å². The van der Waals surface area contributed by atoms with Crippen molar-refractivity contribution in [1.29, 1.82) is 0 Å². The minimum absolute atomic E-state index is 0.131. The summed E-state index contributed by atoms with van der Waals surface area (Å²) in [5.41, 5.74) is 2.10. The minimum Gasteiger partial charge on any atom is -0.310 e. The molecule has 0 saturated heterocycles. The van der Waals surface area contributed by atoms with Crippen LogP contribution >= 0.6 is 11.3 Å². The number of hydrogen-bond acceptors (Lipinski definition) is 3. The molecule has 9 aromatic carbocycles. The van der Waals surface area contributed by atoms with Crippen LogP contribution in [0.5, 0.6) is 0 Å². The summed E-state index contributed by atoms with van der Waals surface area (Å²) in [7, 11) is 0. The Bertz CT molecular complexity index is 4580. The third-order valence-electron chi connectivity index (χ3n) is 11.2. The lowest BCUT2D eigenvalue weighted by Crippen LogP contribution is -2.11. The SMILES string of the molecule is [2H]c1cc(N(c2c([2H])c([2H])c([2H])c([2H])c2[2H])c2ccc3c4cc5ccc6sc7cc(N(c8c([2H])c([2H])c([2H])c([2H])c8[2H])c8c([2H])c([2H])c([2H])c([2H])c8[2H])ccc7c6c5cc4n4c5ccc(C(C)(C)C)cc5c2c34)c([2H])c([2H])c1[2H]. The van der Waals surface area contributed by atoms with Crippen LogP contribution in [0.15, 0.2) is 194 Å². The van der Waals surface area contributed by atoms with Crippen LogP contribution in [0.2, 0.25) is 0 Å². The maximum absolute atomic E-state index is 9.24. The highest BCUT2D eigenvalue weighted by Gasteiger charge is 2.26. The van der Waals surface area contributed by atoms with Crippen molar-refractivity contribution in [2.75, 3.05) is 9.80 Å². The topological polar surface area (TPSA) is 10.9 Å². The van der Waals surface area contributed by atoms with Gasteiger partial charge in [0.15, 0.2) is 0 Å². The molecule has 0 unspecified atom stereocenters. The molecule has 0 spiro atoms. The molecular weight excluding hydrogens is 747 g/mol. The first-order valence-corrected chi connectivity index (χ1v) is 20.0. The van der Waals surface area contributed by atoms with E-state index in [4.69, 9.17) is 21.9 Å². The van der Waals surface area contributed by atoms with Gasteiger partial charge < -0.3 is 14.2 Å². The lowest BCUT2D eigenvalue weighted by Gasteiger charge is -2.26. The lowest BCUT2D eigenvalue weighted by atomic mass is 9.86. The van der Waals surface area contributed by atoms with Crippen LogP contribution in [0.1, 0.15) is 52.4 Å². The molecule has 4 heteroatoms. The first kappa shape index (κ1) is 20.7. The monoisotopic (exact) mass is 806 g/mol. The van der Waals surface area contributed by atoms with Crippen molar-refractivity contribution < 1.29 is 26.0 Å². The molecule has 3 aromatic heterocycles. The van der Waals surface area contributed by atoms with Gasteiger partial charge in [0.05, 0.1) is 48.3 Å². The van der Waals surface area contributed by atoms with E-state index < -0.39 is 126 Å². The molecule has 0 radical (unpaired) electrons. The molecule has 0 aliphatic heterocycles. The molecular formula is C56H41N3S. The summed E-state index contributed by atoms with van der Waals surface area (Å²) in [6, 6.07) is 12.7. The van der Waals surface area contributed by atoms with Gasteiger partial charge in [0.2, 0.25) is 0 Å². The summed E-state index contributed by atoms with van der Waals surface area (Å²) >= 11 is 1.41. The number of fused-ring (bicyclic) bond motifs is 11. The number of nitrogens with zero attached hydrogens (tertiary/aromatic N) is 3. The molecule has 0 amide bonds. The largest absolute Gasteiger partial charge is 0.310 e. The van der Waals surface area contributed by atoms with E-state index in [2.05, 4.69) is 43.4 Å². The lowest BCUT2D eigenvalue weighted by molar-refractivity contribution is 0.591. The zero-order chi connectivity index (χ0) is 56.6. The summed E-state index contributed by atoms with van der Waals surface area (Å²) in [5, 5.41) is 6.32. The fraction of sp³-hybridized carbons (Fsp3) is 0.0714. The van der Waals surface area contributed by atoms with Crippen molar-refractivity contribution in [2.45, 2.75) is 26.2 Å². The number of para-hydroxylation sites is 4. The second-order valence-corrected chi connectivity index (χ2v) is 16.7. The Kier molecular flexibility index (Phi) is 4.55. The van der Waals surface area contributed by atoms with E-state index in [-0.39, 0.29) is 22.5 Å². The molecule has 0 N–H and O–H groups in total. The molecule has 0 aliphatic rings. The fourth-order valence-corrected chi connectivity index (χ4v) is 9.77. The van der Waals surface area contributed by atoms with E-state index in [9.17, 15) is 4.11 Å². The highest BCUT2D eigenvalue weighted by atomic mass is 32.1. The van der Waals surface area contributed by atoms with Crippen LogP contribution < -0.4 is 9.80 Å². The van der Waals surface area contributed by atoms with Crippen LogP contribution in [0.25, 0.3) is 69.0 Å². The number of anilines is 6. The van der Waals surface area contributed by atoms with E-state index in [0.717, 1.165) is 63.9 Å². The normalized spacial score (nSPS) is 16.7. The van der Waals surface area contributed by atoms with Gasteiger partial charge in [-0.15, -0.1) is 11.3 Å². The first-order chi connectivity index (χ1) is 37.3. The molecule has 0 fully saturated rings. The molecule has 12 aromatic rings. The standard InChI is InChI=1S/C56H41N3S/c1-56(2,3)37-25-29-48-47(33-37)54-49(58(40-20-12-6-13-21-40)41-22-14-7-15-23-41)30-28-43-46-32-36-24-31-51-53(45(36)35-50(46)59(48)55(43)54)44-27-26-42(34-52(44)60-51)57(38-16-8-4-9-17-38)39-18-10-5-11-19-39/h4-35H,1-3H3/i4D,5D,6D,7D,8D,9D,10D,11D,12D,13D,14D,15D,16D,17D,18D,19D,20D,21D,22D. The smallest absolute Gasteiger partial charge is 0.0645 e. The first-order valence-electron chi connectivity index (χ1n) is 28.7. The Morgan fingerprint density at radius 3 is 1.80 bits per heavy atom. The zero-order valence-electron chi connectivity index (χ0n) is 51.3. The van der Waals surface area contributed by atoms with Gasteiger partial charge in [-0.3, -0.25) is 0 Å². The van der Waals surface area contributed by atoms with Gasteiger partial charge in [-0.2, -0.15) is 0 Å². The maximum Gasteiger partial charge on any atom is 0.0645 e. The maximum atomic E-state index is 9.24. The number of rotatable bonds is 6. The van der Waals surface area contributed by atoms with Gasteiger partial charge in [-0.05, 0) is 119 Å². The molecule has 3 nitrogen and oxygen atoms in total. The van der Waals surface area contributed by atoms with Crippen LogP contribution in [-0.4, -0.2) is 4.40 Å². The molecule has 60 heavy (non-hydrogen) atoms. The van der Waals surface area contributed by atoms with Crippen molar-refractivity contribution in [2.24, 2.45) is 0 Å². The van der Waals surface area contributed by atoms with E-state index in [0.29, 0.717) is 21.3 Å². The number of thiophene rings is 1. The van der Waals surface area contributed by atoms with Gasteiger partial charge in [0.1, 0.15) is 0 Å². The van der Waals surface area contributed by atoms with E-state index >= 15 is 0 Å². The zero-order valence-corrected chi connectivity index (χ0v) is 33.1. The molecule has 0 atom stereocenters. The highest BCUT2D eigenvalue weighted by molar-refractivity contribution is 7.26. The summed E-state index contributed by atoms with van der Waals surface area (Å²) in [4.78, 5) is 2.50. The second-order valence-electron chi connectivity index (χ2n) is 15.6. The average Bonchev–Trinajstić information content (AvgIpc) is 2.90. The molecule has 286 valence electrons. The second kappa shape index (κ2) is 13.2. The molecule has 3 heterocycles. The Morgan fingerprint density at radius 1 is 0.450 bits per heavy atom. The Hall–Kier alpha value is -7.14. The van der Waals surface area contributed by atoms with Crippen molar-refractivity contribution in [3.63, 3.8) is 0 Å². The van der Waals surface area contributed by atoms with Gasteiger partial charge in [-0.1, -0.05) is 118 Å². The van der Waals surface area contributed by atoms with Gasteiger partial charge in [-0.25, -0.2) is 0 Å². The Balaban J connectivity index is 1.16. The third-order valence-corrected chi connectivity index (χ3v) is 12.4. The van der Waals surface area contributed by atoms with Crippen molar-refractivity contribution in [3.8, 4) is 0 Å². The van der Waals surface area contributed by atoms with Crippen LogP contribution in [0.4, 0.5) is 34.1 Å². The van der Waals surface area contributed by atoms with Crippen molar-refractivity contribution in [3.05, 3.63) is 199 Å². The summed E-state index contributed by atoms with van der Waals surface area (Å²) in [6.07, 6.45) is 0. The molecule has 0 aliphatic carbocycles. The predicted octanol–water partition coefficient (Wildman–Crippen LogP) is 16.6. The fourth-order valence-electron chi connectivity index (χ4n) is 8.61. The molecule has 0 saturated carbocycles. The summed E-state index contributed by atoms with van der Waals surface area (Å²) in [5.74, 6) is 0. The Morgan fingerprint density at radius 2 is 1.10 bits per heavy atom. The molecule has 0 bridgehead atoms. The predicted molar refractivity (Wildman–Crippen MR) is 260 cm³/mol. The van der Waals surface area contributed by atoms with Crippen molar-refractivity contribution in [1.82, 2.24) is 4.40 Å². The minimum atomic E-state index is -0.672. The van der Waals surface area contributed by atoms with Crippen molar-refractivity contribution >= 4 is 115 Å². The highest BCUT2D eigenvalue weighted by Crippen LogP contribution is 2.50. The van der Waals surface area contributed by atoms with Gasteiger partial charge in [0.25, 0.3) is 0 Å². The Labute approximate surface area is 379 Å². The molecule has 12 rings (SSSR count). The third kappa shape index (κ3) is 5.27. The van der Waals surface area contributed by atoms with Gasteiger partial charge >= 0.3 is 0 Å². The number of benzene rings is 9. The summed E-state index contributed by atoms with van der Waals surface area (Å²) in [6.45, 7) is 6.23. The quantitative estimate of drug-likeness (QED) is 0.166.